The van der Waals surface area contributed by atoms with E-state index in [1.165, 1.54) is 20.3 Å². The maximum Gasteiger partial charge on any atom is 0.308 e. The van der Waals surface area contributed by atoms with Gasteiger partial charge in [0.05, 0.1) is 11.4 Å². The third kappa shape index (κ3) is 5.23. The van der Waals surface area contributed by atoms with Crippen molar-refractivity contribution in [3.63, 3.8) is 0 Å². The molecule has 8 nitrogen and oxygen atoms in total. The minimum Gasteiger partial charge on any atom is -0.382 e. The molecule has 0 aliphatic carbocycles. The van der Waals surface area contributed by atoms with Gasteiger partial charge in [-0.2, -0.15) is 17.8 Å². The number of imidazole rings is 1. The number of rotatable bonds is 7. The van der Waals surface area contributed by atoms with Crippen LogP contribution in [-0.2, 0) is 28.7 Å². The summed E-state index contributed by atoms with van der Waals surface area (Å²) in [7, 11) is -0.911. The summed E-state index contributed by atoms with van der Waals surface area (Å²) in [6.07, 6.45) is 5.88. The molecule has 0 saturated heterocycles. The second-order valence-corrected chi connectivity index (χ2v) is 11.5. The van der Waals surface area contributed by atoms with E-state index in [2.05, 4.69) is 30.9 Å². The van der Waals surface area contributed by atoms with Gasteiger partial charge in [-0.25, -0.2) is 13.6 Å². The highest BCUT2D eigenvalue weighted by atomic mass is 32.2. The van der Waals surface area contributed by atoms with Gasteiger partial charge in [-0.3, -0.25) is 0 Å². The van der Waals surface area contributed by atoms with Crippen molar-refractivity contribution in [2.75, 3.05) is 14.1 Å². The average Bonchev–Trinajstić information content (AvgIpc) is 3.31. The Hall–Kier alpha value is -2.49. The molecular weight excluding hydrogens is 414 g/mol. The molecule has 0 amide bonds. The van der Waals surface area contributed by atoms with Gasteiger partial charge in [-0.05, 0) is 42.5 Å². The van der Waals surface area contributed by atoms with Crippen LogP contribution in [0, 0.1) is 5.41 Å². The first-order chi connectivity index (χ1) is 14.3. The van der Waals surface area contributed by atoms with Crippen molar-refractivity contribution < 1.29 is 13.5 Å². The normalized spacial score (nSPS) is 14.7. The van der Waals surface area contributed by atoms with Gasteiger partial charge in [0.25, 0.3) is 0 Å². The molecule has 9 heteroatoms. The van der Waals surface area contributed by atoms with Crippen molar-refractivity contribution in [1.82, 2.24) is 23.0 Å². The van der Waals surface area contributed by atoms with Crippen molar-refractivity contribution in [2.45, 2.75) is 46.1 Å². The van der Waals surface area contributed by atoms with Crippen LogP contribution in [0.1, 0.15) is 44.8 Å². The lowest BCUT2D eigenvalue weighted by Gasteiger charge is -2.25. The van der Waals surface area contributed by atoms with Crippen molar-refractivity contribution in [2.24, 2.45) is 5.41 Å². The van der Waals surface area contributed by atoms with E-state index in [4.69, 9.17) is 0 Å². The summed E-state index contributed by atoms with van der Waals surface area (Å²) in [6, 6.07) is 9.46. The van der Waals surface area contributed by atoms with Crippen molar-refractivity contribution in [3.8, 4) is 5.69 Å². The monoisotopic (exact) mass is 445 g/mol. The largest absolute Gasteiger partial charge is 0.382 e. The molecule has 0 aliphatic heterocycles. The molecule has 0 saturated carbocycles. The summed E-state index contributed by atoms with van der Waals surface area (Å²) in [5.41, 5.74) is 0.814. The molecule has 2 aromatic heterocycles. The van der Waals surface area contributed by atoms with Crippen molar-refractivity contribution in [1.29, 1.82) is 0 Å². The fourth-order valence-corrected chi connectivity index (χ4v) is 4.48. The Morgan fingerprint density at radius 2 is 1.71 bits per heavy atom. The Balaban J connectivity index is 1.97. The first kappa shape index (κ1) is 23.2. The van der Waals surface area contributed by atoms with Gasteiger partial charge in [0.2, 0.25) is 0 Å². The van der Waals surface area contributed by atoms with Crippen LogP contribution >= 0.6 is 0 Å². The van der Waals surface area contributed by atoms with Crippen LogP contribution in [0.15, 0.2) is 48.9 Å². The predicted octanol–water partition coefficient (Wildman–Crippen LogP) is 2.76. The molecule has 1 aromatic carbocycles. The topological polar surface area (TPSA) is 93.3 Å². The van der Waals surface area contributed by atoms with Crippen LogP contribution in [0.4, 0.5) is 0 Å². The number of aromatic nitrogens is 4. The van der Waals surface area contributed by atoms with E-state index < -0.39 is 15.8 Å². The predicted molar refractivity (Wildman–Crippen MR) is 120 cm³/mol. The number of hydrogen-bond acceptors (Lipinski definition) is 5. The molecule has 31 heavy (non-hydrogen) atoms. The van der Waals surface area contributed by atoms with Crippen LogP contribution in [0.25, 0.3) is 5.69 Å². The molecule has 168 valence electrons. The highest BCUT2D eigenvalue weighted by Crippen LogP contribution is 2.29. The maximum absolute atomic E-state index is 12.9. The third-order valence-electron chi connectivity index (χ3n) is 4.88. The number of aliphatic hydroxyl groups is 1. The Morgan fingerprint density at radius 3 is 2.23 bits per heavy atom. The van der Waals surface area contributed by atoms with E-state index in [1.54, 1.807) is 17.8 Å². The average molecular weight is 446 g/mol. The van der Waals surface area contributed by atoms with Crippen LogP contribution in [0.2, 0.25) is 0 Å². The lowest BCUT2D eigenvalue weighted by Crippen LogP contribution is -2.35. The number of nitrogens with zero attached hydrogens (tertiary/aromatic N) is 5. The van der Waals surface area contributed by atoms with E-state index in [0.29, 0.717) is 12.1 Å². The summed E-state index contributed by atoms with van der Waals surface area (Å²) in [4.78, 5) is 4.56. The molecule has 0 aliphatic rings. The molecular formula is C22H31N5O3S. The molecule has 3 aromatic rings. The second-order valence-electron chi connectivity index (χ2n) is 9.45. The Morgan fingerprint density at radius 1 is 1.06 bits per heavy atom. The van der Waals surface area contributed by atoms with Gasteiger partial charge in [0.1, 0.15) is 5.60 Å². The zero-order chi connectivity index (χ0) is 23.0. The summed E-state index contributed by atoms with van der Waals surface area (Å²) in [6.45, 7) is 7.78. The zero-order valence-electron chi connectivity index (χ0n) is 18.9. The lowest BCUT2D eigenvalue weighted by molar-refractivity contribution is 0.0473. The Bertz CT molecular complexity index is 1120. The van der Waals surface area contributed by atoms with Gasteiger partial charge in [0, 0.05) is 39.1 Å². The minimum absolute atomic E-state index is 0.0769. The summed E-state index contributed by atoms with van der Waals surface area (Å²) >= 11 is 0. The van der Waals surface area contributed by atoms with E-state index in [-0.39, 0.29) is 17.7 Å². The van der Waals surface area contributed by atoms with Gasteiger partial charge < -0.3 is 5.11 Å². The number of hydrogen-bond donors (Lipinski definition) is 1. The molecule has 0 radical (unpaired) electrons. The molecule has 0 spiro atoms. The van der Waals surface area contributed by atoms with Crippen LogP contribution in [0.3, 0.4) is 0 Å². The summed E-state index contributed by atoms with van der Waals surface area (Å²) in [5.74, 6) is 0.108. The van der Waals surface area contributed by atoms with Crippen LogP contribution < -0.4 is 0 Å². The zero-order valence-corrected chi connectivity index (χ0v) is 19.8. The Kier molecular flexibility index (Phi) is 6.14. The van der Waals surface area contributed by atoms with Gasteiger partial charge >= 0.3 is 10.2 Å². The number of benzene rings is 1. The molecule has 3 rings (SSSR count). The molecule has 1 unspecified atom stereocenters. The quantitative estimate of drug-likeness (QED) is 0.604. The minimum atomic E-state index is -3.84. The second kappa shape index (κ2) is 8.22. The SMILES string of the molecule is CN(C)S(=O)(=O)n1cc(CC(C)(C)C)nc1C(C)(O)Cc1ccc(-n2cccn2)cc1. The molecule has 0 fully saturated rings. The molecule has 2 heterocycles. The van der Waals surface area contributed by atoms with Crippen LogP contribution in [0.5, 0.6) is 0 Å². The van der Waals surface area contributed by atoms with Gasteiger partial charge in [-0.15, -0.1) is 0 Å². The van der Waals surface area contributed by atoms with E-state index in [0.717, 1.165) is 19.5 Å². The first-order valence-electron chi connectivity index (χ1n) is 10.1. The van der Waals surface area contributed by atoms with Crippen molar-refractivity contribution in [3.05, 3.63) is 66.0 Å². The van der Waals surface area contributed by atoms with Crippen molar-refractivity contribution >= 4 is 10.2 Å². The third-order valence-corrected chi connectivity index (χ3v) is 6.58. The lowest BCUT2D eigenvalue weighted by atomic mass is 9.91. The standard InChI is InChI=1S/C22H31N5O3S/c1-21(2,3)15-18-16-27(31(29,30)25(5)6)20(24-18)22(4,28)14-17-8-10-19(11-9-17)26-13-7-12-23-26/h7-13,16,28H,14-15H2,1-6H3. The first-order valence-corrected chi connectivity index (χ1v) is 11.5. The summed E-state index contributed by atoms with van der Waals surface area (Å²) in [5, 5.41) is 15.6. The fourth-order valence-electron chi connectivity index (χ4n) is 3.41. The van der Waals surface area contributed by atoms with Gasteiger partial charge in [-0.1, -0.05) is 32.9 Å². The van der Waals surface area contributed by atoms with E-state index in [1.807, 2.05) is 36.5 Å². The van der Waals surface area contributed by atoms with Crippen LogP contribution in [-0.4, -0.2) is 50.7 Å². The fraction of sp³-hybridized carbons (Fsp3) is 0.455. The molecule has 1 atom stereocenters. The Labute approximate surface area is 184 Å². The van der Waals surface area contributed by atoms with Gasteiger partial charge in [0.15, 0.2) is 5.82 Å². The summed E-state index contributed by atoms with van der Waals surface area (Å²) < 4.78 is 29.8. The smallest absolute Gasteiger partial charge is 0.308 e. The maximum atomic E-state index is 12.9. The van der Waals surface area contributed by atoms with E-state index >= 15 is 0 Å². The highest BCUT2D eigenvalue weighted by Gasteiger charge is 2.35. The highest BCUT2D eigenvalue weighted by molar-refractivity contribution is 7.87. The molecule has 0 bridgehead atoms. The van der Waals surface area contributed by atoms with E-state index in [9.17, 15) is 13.5 Å². The molecule has 1 N–H and O–H groups in total.